The highest BCUT2D eigenvalue weighted by molar-refractivity contribution is 5.74. The Morgan fingerprint density at radius 3 is 2.94 bits per heavy atom. The maximum atomic E-state index is 11.9. The third-order valence-corrected chi connectivity index (χ3v) is 2.94. The lowest BCUT2D eigenvalue weighted by molar-refractivity contribution is 0.179. The molecule has 2 amide bonds. The van der Waals surface area contributed by atoms with Crippen LogP contribution in [0.4, 0.5) is 4.79 Å². The van der Waals surface area contributed by atoms with E-state index in [-0.39, 0.29) is 6.03 Å². The SMILES string of the molecule is CC1CN(C(=O)NCc2ccccc2)CCN1. The van der Waals surface area contributed by atoms with Gasteiger partial charge < -0.3 is 15.5 Å². The number of carbonyl (C=O) groups excluding carboxylic acids is 1. The average molecular weight is 233 g/mol. The predicted octanol–water partition coefficient (Wildman–Crippen LogP) is 1.19. The number of hydrogen-bond donors (Lipinski definition) is 2. The van der Waals surface area contributed by atoms with Gasteiger partial charge in [-0.3, -0.25) is 0 Å². The summed E-state index contributed by atoms with van der Waals surface area (Å²) in [5, 5.41) is 6.27. The molecular formula is C13H19N3O. The van der Waals surface area contributed by atoms with Crippen LogP contribution in [0.1, 0.15) is 12.5 Å². The second-order valence-corrected chi connectivity index (χ2v) is 4.45. The van der Waals surface area contributed by atoms with Gasteiger partial charge >= 0.3 is 6.03 Å². The zero-order valence-electron chi connectivity index (χ0n) is 10.1. The van der Waals surface area contributed by atoms with E-state index in [1.807, 2.05) is 35.2 Å². The summed E-state index contributed by atoms with van der Waals surface area (Å²) in [6.45, 7) is 5.13. The average Bonchev–Trinajstić information content (AvgIpc) is 2.37. The Hall–Kier alpha value is -1.55. The normalized spacial score (nSPS) is 20.1. The number of rotatable bonds is 2. The summed E-state index contributed by atoms with van der Waals surface area (Å²) in [7, 11) is 0. The summed E-state index contributed by atoms with van der Waals surface area (Å²) in [4.78, 5) is 13.8. The van der Waals surface area contributed by atoms with Crippen LogP contribution in [-0.4, -0.2) is 36.6 Å². The molecule has 1 saturated heterocycles. The molecule has 1 atom stereocenters. The quantitative estimate of drug-likeness (QED) is 0.806. The number of benzene rings is 1. The van der Waals surface area contributed by atoms with E-state index in [0.717, 1.165) is 25.2 Å². The molecule has 92 valence electrons. The number of amides is 2. The molecule has 0 aliphatic carbocycles. The second kappa shape index (κ2) is 5.68. The number of nitrogens with one attached hydrogen (secondary N) is 2. The molecule has 0 spiro atoms. The van der Waals surface area contributed by atoms with E-state index in [1.54, 1.807) is 0 Å². The number of hydrogen-bond acceptors (Lipinski definition) is 2. The topological polar surface area (TPSA) is 44.4 Å². The molecule has 0 radical (unpaired) electrons. The van der Waals surface area contributed by atoms with Crippen LogP contribution < -0.4 is 10.6 Å². The van der Waals surface area contributed by atoms with Crippen LogP contribution >= 0.6 is 0 Å². The van der Waals surface area contributed by atoms with E-state index in [1.165, 1.54) is 0 Å². The molecule has 1 fully saturated rings. The van der Waals surface area contributed by atoms with Gasteiger partial charge in [0.25, 0.3) is 0 Å². The highest BCUT2D eigenvalue weighted by atomic mass is 16.2. The molecule has 17 heavy (non-hydrogen) atoms. The van der Waals surface area contributed by atoms with Crippen molar-refractivity contribution in [2.45, 2.75) is 19.5 Å². The Kier molecular flexibility index (Phi) is 3.98. The Balaban J connectivity index is 1.81. The summed E-state index contributed by atoms with van der Waals surface area (Å²) in [6, 6.07) is 10.4. The smallest absolute Gasteiger partial charge is 0.317 e. The number of piperazine rings is 1. The van der Waals surface area contributed by atoms with E-state index < -0.39 is 0 Å². The van der Waals surface area contributed by atoms with E-state index in [9.17, 15) is 4.79 Å². The minimum absolute atomic E-state index is 0.0298. The molecule has 4 nitrogen and oxygen atoms in total. The van der Waals surface area contributed by atoms with E-state index in [0.29, 0.717) is 12.6 Å². The summed E-state index contributed by atoms with van der Waals surface area (Å²) in [5.41, 5.74) is 1.13. The molecule has 2 rings (SSSR count). The van der Waals surface area contributed by atoms with Gasteiger partial charge in [-0.05, 0) is 12.5 Å². The lowest BCUT2D eigenvalue weighted by Crippen LogP contribution is -2.53. The molecule has 2 N–H and O–H groups in total. The first-order valence-corrected chi connectivity index (χ1v) is 6.06. The molecular weight excluding hydrogens is 214 g/mol. The van der Waals surface area contributed by atoms with Crippen LogP contribution in [0.3, 0.4) is 0 Å². The van der Waals surface area contributed by atoms with Crippen molar-refractivity contribution >= 4 is 6.03 Å². The van der Waals surface area contributed by atoms with Crippen LogP contribution in [0.5, 0.6) is 0 Å². The lowest BCUT2D eigenvalue weighted by atomic mass is 10.2. The van der Waals surface area contributed by atoms with Gasteiger partial charge in [-0.2, -0.15) is 0 Å². The van der Waals surface area contributed by atoms with Crippen molar-refractivity contribution < 1.29 is 4.79 Å². The van der Waals surface area contributed by atoms with Crippen molar-refractivity contribution in [2.75, 3.05) is 19.6 Å². The summed E-state index contributed by atoms with van der Waals surface area (Å²) >= 11 is 0. The monoisotopic (exact) mass is 233 g/mol. The largest absolute Gasteiger partial charge is 0.334 e. The molecule has 1 heterocycles. The Labute approximate surface area is 102 Å². The predicted molar refractivity (Wildman–Crippen MR) is 67.7 cm³/mol. The van der Waals surface area contributed by atoms with Crippen LogP contribution in [0.2, 0.25) is 0 Å². The van der Waals surface area contributed by atoms with E-state index in [4.69, 9.17) is 0 Å². The third kappa shape index (κ3) is 3.46. The first kappa shape index (κ1) is 11.9. The van der Waals surface area contributed by atoms with Crippen molar-refractivity contribution in [2.24, 2.45) is 0 Å². The summed E-state index contributed by atoms with van der Waals surface area (Å²) < 4.78 is 0. The third-order valence-electron chi connectivity index (χ3n) is 2.94. The molecule has 4 heteroatoms. The van der Waals surface area contributed by atoms with Gasteiger partial charge in [0, 0.05) is 32.2 Å². The van der Waals surface area contributed by atoms with Crippen LogP contribution in [0, 0.1) is 0 Å². The second-order valence-electron chi connectivity index (χ2n) is 4.45. The Morgan fingerprint density at radius 1 is 1.47 bits per heavy atom. The van der Waals surface area contributed by atoms with Gasteiger partial charge in [0.1, 0.15) is 0 Å². The minimum Gasteiger partial charge on any atom is -0.334 e. The molecule has 0 saturated carbocycles. The van der Waals surface area contributed by atoms with Crippen LogP contribution in [0.15, 0.2) is 30.3 Å². The summed E-state index contributed by atoms with van der Waals surface area (Å²) in [5.74, 6) is 0. The van der Waals surface area contributed by atoms with Gasteiger partial charge in [-0.1, -0.05) is 30.3 Å². The molecule has 0 aromatic heterocycles. The van der Waals surface area contributed by atoms with Crippen LogP contribution in [-0.2, 0) is 6.54 Å². The van der Waals surface area contributed by atoms with Gasteiger partial charge in [-0.15, -0.1) is 0 Å². The van der Waals surface area contributed by atoms with Crippen molar-refractivity contribution in [3.63, 3.8) is 0 Å². The fourth-order valence-electron chi connectivity index (χ4n) is 2.00. The van der Waals surface area contributed by atoms with Crippen molar-refractivity contribution in [1.82, 2.24) is 15.5 Å². The lowest BCUT2D eigenvalue weighted by Gasteiger charge is -2.31. The maximum Gasteiger partial charge on any atom is 0.317 e. The van der Waals surface area contributed by atoms with Crippen molar-refractivity contribution in [3.05, 3.63) is 35.9 Å². The molecule has 1 aromatic carbocycles. The summed E-state index contributed by atoms with van der Waals surface area (Å²) in [6.07, 6.45) is 0. The minimum atomic E-state index is 0.0298. The highest BCUT2D eigenvalue weighted by Crippen LogP contribution is 2.01. The van der Waals surface area contributed by atoms with Gasteiger partial charge in [0.15, 0.2) is 0 Å². The standard InChI is InChI=1S/C13H19N3O/c1-11-10-16(8-7-14-11)13(17)15-9-12-5-3-2-4-6-12/h2-6,11,14H,7-10H2,1H3,(H,15,17). The van der Waals surface area contributed by atoms with Gasteiger partial charge in [0.2, 0.25) is 0 Å². The van der Waals surface area contributed by atoms with Crippen LogP contribution in [0.25, 0.3) is 0 Å². The maximum absolute atomic E-state index is 11.9. The molecule has 1 aliphatic heterocycles. The van der Waals surface area contributed by atoms with Gasteiger partial charge in [0.05, 0.1) is 0 Å². The fraction of sp³-hybridized carbons (Fsp3) is 0.462. The first-order valence-electron chi connectivity index (χ1n) is 6.06. The molecule has 1 aromatic rings. The van der Waals surface area contributed by atoms with Crippen molar-refractivity contribution in [1.29, 1.82) is 0 Å². The first-order chi connectivity index (χ1) is 8.25. The van der Waals surface area contributed by atoms with E-state index in [2.05, 4.69) is 17.6 Å². The van der Waals surface area contributed by atoms with Gasteiger partial charge in [-0.25, -0.2) is 4.79 Å². The Bertz CT molecular complexity index is 366. The zero-order valence-corrected chi connectivity index (χ0v) is 10.1. The number of nitrogens with zero attached hydrogens (tertiary/aromatic N) is 1. The highest BCUT2D eigenvalue weighted by Gasteiger charge is 2.19. The molecule has 1 aliphatic rings. The fourth-order valence-corrected chi connectivity index (χ4v) is 2.00. The van der Waals surface area contributed by atoms with Crippen molar-refractivity contribution in [3.8, 4) is 0 Å². The molecule has 1 unspecified atom stereocenters. The molecule has 0 bridgehead atoms. The number of urea groups is 1. The zero-order chi connectivity index (χ0) is 12.1. The van der Waals surface area contributed by atoms with E-state index >= 15 is 0 Å². The Morgan fingerprint density at radius 2 is 2.24 bits per heavy atom. The number of carbonyl (C=O) groups is 1.